The molecule has 0 aliphatic carbocycles. The molecule has 1 aromatic carbocycles. The molecule has 0 bridgehead atoms. The maximum absolute atomic E-state index is 11.4. The van der Waals surface area contributed by atoms with E-state index in [-0.39, 0.29) is 6.42 Å². The van der Waals surface area contributed by atoms with Crippen LogP contribution < -0.4 is 4.74 Å². The quantitative estimate of drug-likeness (QED) is 0.489. The van der Waals surface area contributed by atoms with Crippen LogP contribution in [0.5, 0.6) is 5.75 Å². The van der Waals surface area contributed by atoms with Crippen molar-refractivity contribution in [2.75, 3.05) is 7.11 Å². The molecule has 0 amide bonds. The van der Waals surface area contributed by atoms with Gasteiger partial charge in [-0.3, -0.25) is 9.59 Å². The number of halogens is 1. The minimum atomic E-state index is -0.623. The van der Waals surface area contributed by atoms with Gasteiger partial charge in [-0.05, 0) is 37.1 Å². The summed E-state index contributed by atoms with van der Waals surface area (Å²) in [5.41, 5.74) is 1.85. The van der Waals surface area contributed by atoms with Crippen molar-refractivity contribution in [1.29, 1.82) is 0 Å². The van der Waals surface area contributed by atoms with Gasteiger partial charge in [0.15, 0.2) is 0 Å². The van der Waals surface area contributed by atoms with E-state index in [0.29, 0.717) is 5.75 Å². The lowest BCUT2D eigenvalue weighted by molar-refractivity contribution is -0.148. The lowest BCUT2D eigenvalue weighted by Crippen LogP contribution is -2.15. The van der Waals surface area contributed by atoms with Crippen LogP contribution >= 0.6 is 15.9 Å². The van der Waals surface area contributed by atoms with E-state index in [2.05, 4.69) is 20.7 Å². The van der Waals surface area contributed by atoms with Crippen LogP contribution in [0.2, 0.25) is 0 Å². The molecule has 0 saturated heterocycles. The molecule has 0 N–H and O–H groups in total. The Morgan fingerprint density at radius 3 is 2.41 bits per heavy atom. The Morgan fingerprint density at radius 2 is 1.82 bits per heavy atom. The average Bonchev–Trinajstić information content (AvgIpc) is 2.29. The fourth-order valence-corrected chi connectivity index (χ4v) is 1.65. The zero-order valence-electron chi connectivity index (χ0n) is 9.87. The first-order valence-electron chi connectivity index (χ1n) is 4.99. The van der Waals surface area contributed by atoms with Crippen LogP contribution in [0, 0.1) is 13.8 Å². The highest BCUT2D eigenvalue weighted by Gasteiger charge is 2.14. The molecule has 1 aromatic rings. The number of rotatable bonds is 3. The maximum atomic E-state index is 11.4. The normalized spacial score (nSPS) is 9.88. The lowest BCUT2D eigenvalue weighted by atomic mass is 10.1. The van der Waals surface area contributed by atoms with E-state index in [0.717, 1.165) is 15.6 Å². The van der Waals surface area contributed by atoms with Gasteiger partial charge < -0.3 is 9.47 Å². The molecule has 0 fully saturated rings. The summed E-state index contributed by atoms with van der Waals surface area (Å²) in [6.07, 6.45) is -0.384. The summed E-state index contributed by atoms with van der Waals surface area (Å²) in [7, 11) is 1.23. The number of hydrogen-bond acceptors (Lipinski definition) is 4. The van der Waals surface area contributed by atoms with Gasteiger partial charge in [0, 0.05) is 4.47 Å². The second kappa shape index (κ2) is 5.82. The molecule has 0 aliphatic heterocycles. The zero-order valence-corrected chi connectivity index (χ0v) is 11.5. The van der Waals surface area contributed by atoms with Crippen molar-refractivity contribution in [2.45, 2.75) is 20.3 Å². The number of carbonyl (C=O) groups excluding carboxylic acids is 2. The van der Waals surface area contributed by atoms with Crippen LogP contribution in [0.4, 0.5) is 0 Å². The molecule has 0 heterocycles. The topological polar surface area (TPSA) is 52.6 Å². The summed E-state index contributed by atoms with van der Waals surface area (Å²) in [5.74, 6) is -0.775. The Hall–Kier alpha value is -1.36. The van der Waals surface area contributed by atoms with Crippen LogP contribution in [-0.2, 0) is 14.3 Å². The summed E-state index contributed by atoms with van der Waals surface area (Å²) >= 11 is 3.38. The van der Waals surface area contributed by atoms with Gasteiger partial charge in [0.25, 0.3) is 0 Å². The molecular weight excluding hydrogens is 288 g/mol. The van der Waals surface area contributed by atoms with E-state index in [4.69, 9.17) is 4.74 Å². The molecule has 4 nitrogen and oxygen atoms in total. The van der Waals surface area contributed by atoms with Gasteiger partial charge in [-0.2, -0.15) is 0 Å². The van der Waals surface area contributed by atoms with Gasteiger partial charge >= 0.3 is 11.9 Å². The second-order valence-electron chi connectivity index (χ2n) is 3.52. The molecule has 0 atom stereocenters. The third kappa shape index (κ3) is 3.56. The summed E-state index contributed by atoms with van der Waals surface area (Å²) in [5, 5.41) is 0. The van der Waals surface area contributed by atoms with E-state index < -0.39 is 11.9 Å². The first kappa shape index (κ1) is 13.7. The Balaban J connectivity index is 2.79. The molecule has 17 heavy (non-hydrogen) atoms. The predicted molar refractivity (Wildman–Crippen MR) is 65.9 cm³/mol. The average molecular weight is 301 g/mol. The van der Waals surface area contributed by atoms with E-state index in [9.17, 15) is 9.59 Å². The zero-order chi connectivity index (χ0) is 13.0. The third-order valence-electron chi connectivity index (χ3n) is 2.41. The minimum absolute atomic E-state index is 0.384. The molecule has 0 radical (unpaired) electrons. The Labute approximate surface area is 108 Å². The second-order valence-corrected chi connectivity index (χ2v) is 4.38. The van der Waals surface area contributed by atoms with Crippen LogP contribution in [0.25, 0.3) is 0 Å². The van der Waals surface area contributed by atoms with E-state index in [1.807, 2.05) is 13.8 Å². The Morgan fingerprint density at radius 1 is 1.18 bits per heavy atom. The van der Waals surface area contributed by atoms with Crippen molar-refractivity contribution in [1.82, 2.24) is 0 Å². The summed E-state index contributed by atoms with van der Waals surface area (Å²) < 4.78 is 10.4. The molecule has 0 spiro atoms. The predicted octanol–water partition coefficient (Wildman–Crippen LogP) is 2.53. The highest BCUT2D eigenvalue weighted by molar-refractivity contribution is 9.10. The highest BCUT2D eigenvalue weighted by Crippen LogP contribution is 2.27. The lowest BCUT2D eigenvalue weighted by Gasteiger charge is -2.10. The van der Waals surface area contributed by atoms with Crippen molar-refractivity contribution in [3.63, 3.8) is 0 Å². The Bertz CT molecular complexity index is 454. The molecule has 0 aliphatic rings. The molecule has 0 unspecified atom stereocenters. The fourth-order valence-electron chi connectivity index (χ4n) is 1.22. The standard InChI is InChI=1S/C12H13BrO4/c1-7-8(2)10(5-4-9(7)13)17-12(15)6-11(14)16-3/h4-5H,6H2,1-3H3. The highest BCUT2D eigenvalue weighted by atomic mass is 79.9. The number of benzene rings is 1. The van der Waals surface area contributed by atoms with E-state index in [1.165, 1.54) is 7.11 Å². The van der Waals surface area contributed by atoms with Crippen molar-refractivity contribution in [2.24, 2.45) is 0 Å². The van der Waals surface area contributed by atoms with Crippen LogP contribution in [-0.4, -0.2) is 19.0 Å². The largest absolute Gasteiger partial charge is 0.469 e. The monoisotopic (exact) mass is 300 g/mol. The molecular formula is C12H13BrO4. The first-order valence-corrected chi connectivity index (χ1v) is 5.78. The molecule has 92 valence electrons. The van der Waals surface area contributed by atoms with E-state index >= 15 is 0 Å². The maximum Gasteiger partial charge on any atom is 0.322 e. The van der Waals surface area contributed by atoms with Gasteiger partial charge in [0.2, 0.25) is 0 Å². The number of hydrogen-bond donors (Lipinski definition) is 0. The van der Waals surface area contributed by atoms with E-state index in [1.54, 1.807) is 12.1 Å². The SMILES string of the molecule is COC(=O)CC(=O)Oc1ccc(Br)c(C)c1C. The van der Waals surface area contributed by atoms with Crippen LogP contribution in [0.15, 0.2) is 16.6 Å². The van der Waals surface area contributed by atoms with Crippen LogP contribution in [0.1, 0.15) is 17.5 Å². The van der Waals surface area contributed by atoms with Gasteiger partial charge in [-0.1, -0.05) is 15.9 Å². The Kier molecular flexibility index (Phi) is 4.69. The molecule has 0 aromatic heterocycles. The van der Waals surface area contributed by atoms with Crippen molar-refractivity contribution >= 4 is 27.9 Å². The minimum Gasteiger partial charge on any atom is -0.469 e. The third-order valence-corrected chi connectivity index (χ3v) is 3.27. The summed E-state index contributed by atoms with van der Waals surface area (Å²) in [4.78, 5) is 22.3. The fraction of sp³-hybridized carbons (Fsp3) is 0.333. The molecule has 5 heteroatoms. The number of esters is 2. The van der Waals surface area contributed by atoms with Crippen molar-refractivity contribution in [3.05, 3.63) is 27.7 Å². The number of ether oxygens (including phenoxy) is 2. The van der Waals surface area contributed by atoms with Gasteiger partial charge in [0.1, 0.15) is 12.2 Å². The first-order chi connectivity index (χ1) is 7.95. The van der Waals surface area contributed by atoms with Crippen molar-refractivity contribution in [3.8, 4) is 5.75 Å². The molecule has 0 saturated carbocycles. The molecule has 1 rings (SSSR count). The number of methoxy groups -OCH3 is 1. The number of carbonyl (C=O) groups is 2. The van der Waals surface area contributed by atoms with Crippen molar-refractivity contribution < 1.29 is 19.1 Å². The van der Waals surface area contributed by atoms with Gasteiger partial charge in [-0.15, -0.1) is 0 Å². The summed E-state index contributed by atoms with van der Waals surface area (Å²) in [6.45, 7) is 3.76. The summed E-state index contributed by atoms with van der Waals surface area (Å²) in [6, 6.07) is 3.48. The van der Waals surface area contributed by atoms with Crippen LogP contribution in [0.3, 0.4) is 0 Å². The van der Waals surface area contributed by atoms with Gasteiger partial charge in [-0.25, -0.2) is 0 Å². The van der Waals surface area contributed by atoms with Gasteiger partial charge in [0.05, 0.1) is 7.11 Å². The smallest absolute Gasteiger partial charge is 0.322 e.